The Morgan fingerprint density at radius 2 is 1.66 bits per heavy atom. The third-order valence-corrected chi connectivity index (χ3v) is 8.78. The van der Waals surface area contributed by atoms with Crippen molar-refractivity contribution < 1.29 is 16.8 Å². The number of aryl methyl sites for hydroxylation is 1. The van der Waals surface area contributed by atoms with E-state index < -0.39 is 20.0 Å². The Kier molecular flexibility index (Phi) is 7.36. The standard InChI is InChI=1S/C23H28N6O4S2/c1-3-25-35(32,33)21-9-5-8-19(13-21)28-23-24-14-16(2)22(29-23)27-18-7-4-6-17(12-18)15-26-34(30,31)20-10-11-20/h4-9,12-14,20,25-26H,3,10-11,15H2,1-2H3,(H2,24,27,28,29). The first-order chi connectivity index (χ1) is 16.7. The topological polar surface area (TPSA) is 142 Å². The summed E-state index contributed by atoms with van der Waals surface area (Å²) in [5.74, 6) is 0.860. The average molecular weight is 517 g/mol. The molecule has 10 nitrogen and oxygen atoms in total. The lowest BCUT2D eigenvalue weighted by molar-refractivity contribution is 0.579. The number of hydrogen-bond acceptors (Lipinski definition) is 8. The van der Waals surface area contributed by atoms with E-state index in [0.29, 0.717) is 24.0 Å². The van der Waals surface area contributed by atoms with E-state index in [2.05, 4.69) is 30.0 Å². The highest BCUT2D eigenvalue weighted by Crippen LogP contribution is 2.28. The fraction of sp³-hybridized carbons (Fsp3) is 0.304. The molecule has 0 aliphatic heterocycles. The summed E-state index contributed by atoms with van der Waals surface area (Å²) >= 11 is 0. The summed E-state index contributed by atoms with van der Waals surface area (Å²) in [6.07, 6.45) is 3.09. The fourth-order valence-electron chi connectivity index (χ4n) is 3.35. The molecule has 0 atom stereocenters. The van der Waals surface area contributed by atoms with Crippen molar-refractivity contribution >= 4 is 43.2 Å². The Bertz CT molecular complexity index is 1420. The predicted molar refractivity (Wildman–Crippen MR) is 136 cm³/mol. The number of aromatic nitrogens is 2. The summed E-state index contributed by atoms with van der Waals surface area (Å²) in [4.78, 5) is 8.97. The molecular weight excluding hydrogens is 488 g/mol. The first-order valence-corrected chi connectivity index (χ1v) is 14.2. The number of nitrogens with one attached hydrogen (secondary N) is 4. The molecule has 1 saturated carbocycles. The molecule has 0 spiro atoms. The van der Waals surface area contributed by atoms with Crippen molar-refractivity contribution in [2.75, 3.05) is 17.2 Å². The van der Waals surface area contributed by atoms with Crippen LogP contribution in [0.2, 0.25) is 0 Å². The van der Waals surface area contributed by atoms with E-state index in [0.717, 1.165) is 29.7 Å². The maximum atomic E-state index is 12.3. The van der Waals surface area contributed by atoms with E-state index in [1.54, 1.807) is 25.3 Å². The summed E-state index contributed by atoms with van der Waals surface area (Å²) in [5.41, 5.74) is 2.91. The van der Waals surface area contributed by atoms with Crippen molar-refractivity contribution in [3.8, 4) is 0 Å². The van der Waals surface area contributed by atoms with Gasteiger partial charge in [-0.15, -0.1) is 0 Å². The smallest absolute Gasteiger partial charge is 0.240 e. The number of benzene rings is 2. The molecule has 1 heterocycles. The average Bonchev–Trinajstić information content (AvgIpc) is 3.67. The molecule has 0 unspecified atom stereocenters. The molecule has 2 aromatic carbocycles. The minimum absolute atomic E-state index is 0.143. The zero-order chi connectivity index (χ0) is 25.1. The first-order valence-electron chi connectivity index (χ1n) is 11.2. The maximum Gasteiger partial charge on any atom is 0.240 e. The molecule has 1 aliphatic carbocycles. The van der Waals surface area contributed by atoms with Gasteiger partial charge < -0.3 is 10.6 Å². The van der Waals surface area contributed by atoms with Gasteiger partial charge in [-0.1, -0.05) is 25.1 Å². The van der Waals surface area contributed by atoms with Gasteiger partial charge in [-0.05, 0) is 55.7 Å². The highest BCUT2D eigenvalue weighted by molar-refractivity contribution is 7.90. The minimum atomic E-state index is -3.59. The number of hydrogen-bond donors (Lipinski definition) is 4. The van der Waals surface area contributed by atoms with Crippen molar-refractivity contribution in [1.82, 2.24) is 19.4 Å². The Labute approximate surface area is 205 Å². The number of nitrogens with zero attached hydrogens (tertiary/aromatic N) is 2. The fourth-order valence-corrected chi connectivity index (χ4v) is 5.79. The van der Waals surface area contributed by atoms with Crippen molar-refractivity contribution in [2.45, 2.75) is 43.4 Å². The van der Waals surface area contributed by atoms with Crippen LogP contribution in [0.4, 0.5) is 23.1 Å². The first kappa shape index (κ1) is 25.0. The molecular formula is C23H28N6O4S2. The Morgan fingerprint density at radius 1 is 0.943 bits per heavy atom. The van der Waals surface area contributed by atoms with Crippen LogP contribution in [0.5, 0.6) is 0 Å². The van der Waals surface area contributed by atoms with Crippen LogP contribution in [-0.4, -0.2) is 38.6 Å². The molecule has 3 aromatic rings. The molecule has 4 rings (SSSR count). The Morgan fingerprint density at radius 3 is 2.37 bits per heavy atom. The molecule has 186 valence electrons. The van der Waals surface area contributed by atoms with Crippen LogP contribution in [0.15, 0.2) is 59.6 Å². The molecule has 12 heteroatoms. The van der Waals surface area contributed by atoms with Gasteiger partial charge in [-0.25, -0.2) is 31.3 Å². The van der Waals surface area contributed by atoms with E-state index in [4.69, 9.17) is 0 Å². The third kappa shape index (κ3) is 6.54. The highest BCUT2D eigenvalue weighted by Gasteiger charge is 2.35. The lowest BCUT2D eigenvalue weighted by Gasteiger charge is -2.13. The van der Waals surface area contributed by atoms with Crippen LogP contribution in [0, 0.1) is 6.92 Å². The van der Waals surface area contributed by atoms with Gasteiger partial charge in [0.1, 0.15) is 5.82 Å². The molecule has 0 amide bonds. The largest absolute Gasteiger partial charge is 0.340 e. The summed E-state index contributed by atoms with van der Waals surface area (Å²) < 4.78 is 53.9. The lowest BCUT2D eigenvalue weighted by atomic mass is 10.2. The molecule has 0 radical (unpaired) electrons. The van der Waals surface area contributed by atoms with E-state index in [-0.39, 0.29) is 16.7 Å². The van der Waals surface area contributed by atoms with Crippen LogP contribution < -0.4 is 20.1 Å². The molecule has 35 heavy (non-hydrogen) atoms. The third-order valence-electron chi connectivity index (χ3n) is 5.34. The van der Waals surface area contributed by atoms with Crippen LogP contribution in [0.25, 0.3) is 0 Å². The van der Waals surface area contributed by atoms with Gasteiger partial charge in [0, 0.05) is 36.2 Å². The van der Waals surface area contributed by atoms with Crippen LogP contribution >= 0.6 is 0 Å². The van der Waals surface area contributed by atoms with Crippen molar-refractivity contribution in [2.24, 2.45) is 0 Å². The molecule has 0 saturated heterocycles. The highest BCUT2D eigenvalue weighted by atomic mass is 32.2. The van der Waals surface area contributed by atoms with Gasteiger partial charge in [0.25, 0.3) is 0 Å². The van der Waals surface area contributed by atoms with Gasteiger partial charge in [-0.2, -0.15) is 4.98 Å². The summed E-state index contributed by atoms with van der Waals surface area (Å²) in [7, 11) is -6.84. The van der Waals surface area contributed by atoms with Crippen molar-refractivity contribution in [3.05, 3.63) is 65.9 Å². The van der Waals surface area contributed by atoms with Crippen LogP contribution in [0.1, 0.15) is 30.9 Å². The Hall–Kier alpha value is -3.06. The monoisotopic (exact) mass is 516 g/mol. The van der Waals surface area contributed by atoms with E-state index in [9.17, 15) is 16.8 Å². The van der Waals surface area contributed by atoms with Gasteiger partial charge in [0.2, 0.25) is 26.0 Å². The SMILES string of the molecule is CCNS(=O)(=O)c1cccc(Nc2ncc(C)c(Nc3cccc(CNS(=O)(=O)C4CC4)c3)n2)c1. The van der Waals surface area contributed by atoms with Crippen molar-refractivity contribution in [3.63, 3.8) is 0 Å². The van der Waals surface area contributed by atoms with Crippen LogP contribution in [-0.2, 0) is 26.6 Å². The zero-order valence-corrected chi connectivity index (χ0v) is 21.1. The zero-order valence-electron chi connectivity index (χ0n) is 19.4. The van der Waals surface area contributed by atoms with Gasteiger partial charge in [-0.3, -0.25) is 0 Å². The lowest BCUT2D eigenvalue weighted by Crippen LogP contribution is -2.26. The molecule has 0 bridgehead atoms. The molecule has 1 fully saturated rings. The molecule has 1 aromatic heterocycles. The van der Waals surface area contributed by atoms with E-state index in [1.807, 2.05) is 31.2 Å². The second kappa shape index (κ2) is 10.3. The van der Waals surface area contributed by atoms with Gasteiger partial charge in [0.15, 0.2) is 0 Å². The minimum Gasteiger partial charge on any atom is -0.340 e. The second-order valence-electron chi connectivity index (χ2n) is 8.27. The quantitative estimate of drug-likeness (QED) is 0.304. The summed E-state index contributed by atoms with van der Waals surface area (Å²) in [5, 5.41) is 6.03. The van der Waals surface area contributed by atoms with E-state index in [1.165, 1.54) is 12.1 Å². The van der Waals surface area contributed by atoms with E-state index >= 15 is 0 Å². The van der Waals surface area contributed by atoms with Gasteiger partial charge >= 0.3 is 0 Å². The van der Waals surface area contributed by atoms with Gasteiger partial charge in [0.05, 0.1) is 10.1 Å². The van der Waals surface area contributed by atoms with Crippen molar-refractivity contribution in [1.29, 1.82) is 0 Å². The second-order valence-corrected chi connectivity index (χ2v) is 12.1. The maximum absolute atomic E-state index is 12.3. The number of sulfonamides is 2. The predicted octanol–water partition coefficient (Wildman–Crippen LogP) is 3.15. The Balaban J connectivity index is 1.48. The number of rotatable bonds is 11. The molecule has 1 aliphatic rings. The molecule has 4 N–H and O–H groups in total. The number of anilines is 4. The summed E-state index contributed by atoms with van der Waals surface area (Å²) in [6, 6.07) is 13.8. The summed E-state index contributed by atoms with van der Waals surface area (Å²) in [6.45, 7) is 4.10. The normalized spacial score (nSPS) is 14.0. The van der Waals surface area contributed by atoms with Crippen LogP contribution in [0.3, 0.4) is 0 Å².